The molecule has 1 amide bonds. The van der Waals surface area contributed by atoms with Gasteiger partial charge < -0.3 is 4.42 Å². The maximum atomic E-state index is 14.4. The molecule has 0 saturated carbocycles. The fraction of sp³-hybridized carbons (Fsp3) is 0.0370. The molecule has 0 N–H and O–H groups in total. The zero-order chi connectivity index (χ0) is 23.9. The second-order valence-electron chi connectivity index (χ2n) is 7.94. The maximum Gasteiger partial charge on any atom is 0.349 e. The first-order chi connectivity index (χ1) is 17.1. The third kappa shape index (κ3) is 3.74. The monoisotopic (exact) mass is 481 g/mol. The van der Waals surface area contributed by atoms with Crippen molar-refractivity contribution in [2.75, 3.05) is 4.90 Å². The lowest BCUT2D eigenvalue weighted by atomic mass is 10.0. The summed E-state index contributed by atoms with van der Waals surface area (Å²) in [6, 6.07) is 22.8. The number of anilines is 1. The number of halogens is 1. The molecule has 3 aromatic carbocycles. The van der Waals surface area contributed by atoms with Crippen LogP contribution in [0.5, 0.6) is 0 Å². The summed E-state index contributed by atoms with van der Waals surface area (Å²) in [5.74, 6) is -1.08. The van der Waals surface area contributed by atoms with Gasteiger partial charge in [0.2, 0.25) is 0 Å². The molecule has 0 bridgehead atoms. The average Bonchev–Trinajstić information content (AvgIpc) is 3.32. The van der Waals surface area contributed by atoms with Crippen LogP contribution < -0.4 is 10.5 Å². The Bertz CT molecular complexity index is 1800. The van der Waals surface area contributed by atoms with Crippen LogP contribution in [-0.2, 0) is 6.54 Å². The fourth-order valence-electron chi connectivity index (χ4n) is 4.06. The summed E-state index contributed by atoms with van der Waals surface area (Å²) in [7, 11) is 0. The van der Waals surface area contributed by atoms with Gasteiger partial charge in [0, 0.05) is 11.6 Å². The van der Waals surface area contributed by atoms with Gasteiger partial charge in [-0.1, -0.05) is 53.8 Å². The zero-order valence-corrected chi connectivity index (χ0v) is 19.0. The number of para-hydroxylation sites is 1. The molecule has 0 radical (unpaired) electrons. The molecule has 0 aliphatic heterocycles. The van der Waals surface area contributed by atoms with Crippen LogP contribution >= 0.6 is 11.3 Å². The van der Waals surface area contributed by atoms with Crippen molar-refractivity contribution < 1.29 is 13.6 Å². The molecule has 6 rings (SSSR count). The van der Waals surface area contributed by atoms with Gasteiger partial charge in [-0.2, -0.15) is 0 Å². The molecule has 0 aliphatic rings. The van der Waals surface area contributed by atoms with E-state index in [2.05, 4.69) is 9.97 Å². The van der Waals surface area contributed by atoms with Crippen LogP contribution in [0.3, 0.4) is 0 Å². The van der Waals surface area contributed by atoms with Crippen LogP contribution in [0.1, 0.15) is 16.1 Å². The van der Waals surface area contributed by atoms with E-state index in [9.17, 15) is 14.0 Å². The molecular formula is C27H16FN3O3S. The lowest BCUT2D eigenvalue weighted by molar-refractivity contribution is 0.0981. The SMILES string of the molecule is O=C(c1cc2c(ccc3ccccc32)oc1=O)N(Cc1ccccn1)c1nc2c(F)cccc2s1. The topological polar surface area (TPSA) is 76.3 Å². The van der Waals surface area contributed by atoms with Gasteiger partial charge in [-0.05, 0) is 47.2 Å². The molecule has 35 heavy (non-hydrogen) atoms. The summed E-state index contributed by atoms with van der Waals surface area (Å²) in [4.78, 5) is 36.8. The van der Waals surface area contributed by atoms with E-state index in [1.807, 2.05) is 30.3 Å². The van der Waals surface area contributed by atoms with Crippen molar-refractivity contribution in [3.05, 3.63) is 113 Å². The minimum absolute atomic E-state index is 0.0497. The van der Waals surface area contributed by atoms with Gasteiger partial charge in [0.1, 0.15) is 22.5 Å². The van der Waals surface area contributed by atoms with E-state index in [-0.39, 0.29) is 22.8 Å². The molecular weight excluding hydrogens is 465 g/mol. The van der Waals surface area contributed by atoms with Crippen molar-refractivity contribution in [3.8, 4) is 0 Å². The number of fused-ring (bicyclic) bond motifs is 4. The molecule has 0 spiro atoms. The van der Waals surface area contributed by atoms with Gasteiger partial charge in [-0.15, -0.1) is 0 Å². The smallest absolute Gasteiger partial charge is 0.349 e. The maximum absolute atomic E-state index is 14.4. The molecule has 0 atom stereocenters. The number of carbonyl (C=O) groups excluding carboxylic acids is 1. The van der Waals surface area contributed by atoms with E-state index in [1.165, 1.54) is 22.3 Å². The molecule has 0 saturated heterocycles. The Labute approximate surface area is 201 Å². The summed E-state index contributed by atoms with van der Waals surface area (Å²) in [5, 5.41) is 2.73. The molecule has 3 heterocycles. The largest absolute Gasteiger partial charge is 0.422 e. The number of hydrogen-bond donors (Lipinski definition) is 0. The van der Waals surface area contributed by atoms with E-state index in [0.29, 0.717) is 21.4 Å². The average molecular weight is 482 g/mol. The van der Waals surface area contributed by atoms with Crippen LogP contribution in [-0.4, -0.2) is 15.9 Å². The zero-order valence-electron chi connectivity index (χ0n) is 18.1. The highest BCUT2D eigenvalue weighted by Crippen LogP contribution is 2.32. The van der Waals surface area contributed by atoms with Gasteiger partial charge in [0.05, 0.1) is 16.9 Å². The van der Waals surface area contributed by atoms with Gasteiger partial charge >= 0.3 is 5.63 Å². The van der Waals surface area contributed by atoms with Crippen LogP contribution in [0.25, 0.3) is 32.0 Å². The Morgan fingerprint density at radius 3 is 2.66 bits per heavy atom. The highest BCUT2D eigenvalue weighted by atomic mass is 32.1. The van der Waals surface area contributed by atoms with E-state index in [0.717, 1.165) is 10.8 Å². The molecule has 6 aromatic rings. The Kier molecular flexibility index (Phi) is 5.08. The molecule has 8 heteroatoms. The number of nitrogens with zero attached hydrogens (tertiary/aromatic N) is 3. The first-order valence-electron chi connectivity index (χ1n) is 10.8. The van der Waals surface area contributed by atoms with E-state index in [1.54, 1.807) is 48.7 Å². The van der Waals surface area contributed by atoms with Crippen molar-refractivity contribution in [1.82, 2.24) is 9.97 Å². The van der Waals surface area contributed by atoms with E-state index >= 15 is 0 Å². The predicted octanol–water partition coefficient (Wildman–Crippen LogP) is 5.94. The molecule has 0 aliphatic carbocycles. The molecule has 170 valence electrons. The summed E-state index contributed by atoms with van der Waals surface area (Å²) in [6.07, 6.45) is 1.62. The minimum atomic E-state index is -0.754. The second-order valence-corrected chi connectivity index (χ2v) is 8.95. The van der Waals surface area contributed by atoms with Crippen molar-refractivity contribution in [2.45, 2.75) is 6.54 Å². The van der Waals surface area contributed by atoms with Gasteiger partial charge in [0.25, 0.3) is 5.91 Å². The third-order valence-corrected chi connectivity index (χ3v) is 6.80. The van der Waals surface area contributed by atoms with Crippen molar-refractivity contribution in [3.63, 3.8) is 0 Å². The second kappa shape index (κ2) is 8.41. The number of amides is 1. The molecule has 6 nitrogen and oxygen atoms in total. The number of carbonyl (C=O) groups is 1. The lowest BCUT2D eigenvalue weighted by Gasteiger charge is -2.19. The fourth-order valence-corrected chi connectivity index (χ4v) is 5.04. The number of rotatable bonds is 4. The Morgan fingerprint density at radius 2 is 1.83 bits per heavy atom. The van der Waals surface area contributed by atoms with Gasteiger partial charge in [-0.25, -0.2) is 14.2 Å². The van der Waals surface area contributed by atoms with Crippen LogP contribution in [0.4, 0.5) is 9.52 Å². The first-order valence-corrected chi connectivity index (χ1v) is 11.6. The Balaban J connectivity index is 1.52. The molecule has 0 fully saturated rings. The standard InChI is InChI=1S/C27H16FN3O3S/c28-21-9-5-10-23-24(21)30-27(35-23)31(15-17-7-3-4-13-29-17)25(32)20-14-19-18-8-2-1-6-16(18)11-12-22(19)34-26(20)33/h1-14H,15H2. The quantitative estimate of drug-likeness (QED) is 0.230. The number of pyridine rings is 1. The van der Waals surface area contributed by atoms with Gasteiger partial charge in [0.15, 0.2) is 5.13 Å². The number of thiazole rings is 1. The summed E-state index contributed by atoms with van der Waals surface area (Å²) in [5.41, 5.74) is 0.267. The lowest BCUT2D eigenvalue weighted by Crippen LogP contribution is -2.34. The van der Waals surface area contributed by atoms with E-state index < -0.39 is 17.3 Å². The third-order valence-electron chi connectivity index (χ3n) is 5.75. The highest BCUT2D eigenvalue weighted by Gasteiger charge is 2.26. The highest BCUT2D eigenvalue weighted by molar-refractivity contribution is 7.22. The number of aromatic nitrogens is 2. The Hall–Kier alpha value is -4.43. The van der Waals surface area contributed by atoms with Crippen LogP contribution in [0.15, 0.2) is 94.3 Å². The predicted molar refractivity (Wildman–Crippen MR) is 134 cm³/mol. The normalized spacial score (nSPS) is 11.3. The van der Waals surface area contributed by atoms with Crippen molar-refractivity contribution in [1.29, 1.82) is 0 Å². The molecule has 3 aromatic heterocycles. The molecule has 0 unspecified atom stereocenters. The first kappa shape index (κ1) is 21.1. The van der Waals surface area contributed by atoms with Crippen LogP contribution in [0.2, 0.25) is 0 Å². The summed E-state index contributed by atoms with van der Waals surface area (Å²) >= 11 is 1.17. The minimum Gasteiger partial charge on any atom is -0.422 e. The van der Waals surface area contributed by atoms with Crippen LogP contribution in [0, 0.1) is 5.82 Å². The number of benzene rings is 3. The van der Waals surface area contributed by atoms with E-state index in [4.69, 9.17) is 4.42 Å². The summed E-state index contributed by atoms with van der Waals surface area (Å²) < 4.78 is 20.5. The van der Waals surface area contributed by atoms with Crippen molar-refractivity contribution in [2.24, 2.45) is 0 Å². The summed E-state index contributed by atoms with van der Waals surface area (Å²) in [6.45, 7) is 0.0497. The van der Waals surface area contributed by atoms with Crippen molar-refractivity contribution >= 4 is 54.3 Å². The van der Waals surface area contributed by atoms with Gasteiger partial charge in [-0.3, -0.25) is 14.7 Å². The number of hydrogen-bond acceptors (Lipinski definition) is 6. The Morgan fingerprint density at radius 1 is 0.971 bits per heavy atom.